The van der Waals surface area contributed by atoms with Gasteiger partial charge in [-0.15, -0.1) is 0 Å². The van der Waals surface area contributed by atoms with Crippen molar-refractivity contribution in [1.82, 2.24) is 0 Å². The Kier molecular flexibility index (Phi) is 4.88. The minimum atomic E-state index is -0.261. The van der Waals surface area contributed by atoms with Gasteiger partial charge in [0.1, 0.15) is 4.83 Å². The van der Waals surface area contributed by atoms with E-state index in [0.717, 1.165) is 5.56 Å². The van der Waals surface area contributed by atoms with Crippen LogP contribution in [0, 0.1) is 3.57 Å². The average molecular weight is 369 g/mol. The van der Waals surface area contributed by atoms with Gasteiger partial charge in [-0.2, -0.15) is 0 Å². The van der Waals surface area contributed by atoms with Crippen LogP contribution in [-0.4, -0.2) is 17.9 Å². The third-order valence-corrected chi connectivity index (χ3v) is 3.56. The van der Waals surface area contributed by atoms with E-state index < -0.39 is 0 Å². The molecule has 0 saturated heterocycles. The summed E-state index contributed by atoms with van der Waals surface area (Å²) in [6, 6.07) is 7.98. The first-order valence-corrected chi connectivity index (χ1v) is 6.10. The number of rotatable bonds is 3. The van der Waals surface area contributed by atoms with Crippen LogP contribution in [0.5, 0.6) is 0 Å². The molecular weight excluding hydrogens is 359 g/mol. The van der Waals surface area contributed by atoms with Crippen molar-refractivity contribution in [2.24, 2.45) is 0 Å². The Morgan fingerprint density at radius 1 is 1.57 bits per heavy atom. The van der Waals surface area contributed by atoms with E-state index in [0.29, 0.717) is 6.42 Å². The summed E-state index contributed by atoms with van der Waals surface area (Å²) in [4.78, 5) is 10.9. The largest absolute Gasteiger partial charge is 0.468 e. The third kappa shape index (κ3) is 3.24. The summed E-state index contributed by atoms with van der Waals surface area (Å²) in [7, 11) is 1.40. The Labute approximate surface area is 105 Å². The fourth-order valence-electron chi connectivity index (χ4n) is 1.07. The van der Waals surface area contributed by atoms with E-state index in [-0.39, 0.29) is 10.8 Å². The fourth-order valence-corrected chi connectivity index (χ4v) is 2.21. The molecule has 0 N–H and O–H groups in total. The van der Waals surface area contributed by atoms with Gasteiger partial charge in [-0.1, -0.05) is 34.1 Å². The summed E-state index contributed by atoms with van der Waals surface area (Å²) < 4.78 is 5.80. The predicted molar refractivity (Wildman–Crippen MR) is 67.6 cm³/mol. The molecule has 0 heterocycles. The molecule has 0 aliphatic rings. The second kappa shape index (κ2) is 5.70. The van der Waals surface area contributed by atoms with Gasteiger partial charge in [0.2, 0.25) is 0 Å². The van der Waals surface area contributed by atoms with Crippen LogP contribution in [-0.2, 0) is 16.0 Å². The molecular formula is C10H10BrIO2. The molecule has 0 radical (unpaired) electrons. The average Bonchev–Trinajstić information content (AvgIpc) is 2.20. The first-order chi connectivity index (χ1) is 6.65. The minimum absolute atomic E-state index is 0.232. The molecule has 0 spiro atoms. The Hall–Kier alpha value is -0.100. The monoisotopic (exact) mass is 368 g/mol. The van der Waals surface area contributed by atoms with Gasteiger partial charge in [0.15, 0.2) is 0 Å². The Morgan fingerprint density at radius 3 is 2.79 bits per heavy atom. The van der Waals surface area contributed by atoms with Gasteiger partial charge in [0, 0.05) is 3.57 Å². The maximum absolute atomic E-state index is 11.2. The van der Waals surface area contributed by atoms with Crippen LogP contribution in [0.3, 0.4) is 0 Å². The summed E-state index contributed by atoms with van der Waals surface area (Å²) >= 11 is 5.55. The minimum Gasteiger partial charge on any atom is -0.468 e. The number of carbonyl (C=O) groups excluding carboxylic acids is 1. The van der Waals surface area contributed by atoms with E-state index in [4.69, 9.17) is 0 Å². The Morgan fingerprint density at radius 2 is 2.21 bits per heavy atom. The van der Waals surface area contributed by atoms with Gasteiger partial charge in [0.25, 0.3) is 0 Å². The topological polar surface area (TPSA) is 26.3 Å². The quantitative estimate of drug-likeness (QED) is 0.466. The second-order valence-corrected chi connectivity index (χ2v) is 5.05. The number of halogens is 2. The van der Waals surface area contributed by atoms with E-state index in [9.17, 15) is 4.79 Å². The van der Waals surface area contributed by atoms with Crippen LogP contribution in [0.15, 0.2) is 24.3 Å². The van der Waals surface area contributed by atoms with Crippen LogP contribution in [0.4, 0.5) is 0 Å². The lowest BCUT2D eigenvalue weighted by Gasteiger charge is -2.08. The lowest BCUT2D eigenvalue weighted by molar-refractivity contribution is -0.139. The fraction of sp³-hybridized carbons (Fsp3) is 0.300. The molecule has 0 aromatic heterocycles. The molecule has 0 bridgehead atoms. The first kappa shape index (κ1) is 12.0. The smallest absolute Gasteiger partial charge is 0.319 e. The number of hydrogen-bond donors (Lipinski definition) is 0. The van der Waals surface area contributed by atoms with Crippen molar-refractivity contribution in [3.05, 3.63) is 33.4 Å². The summed E-state index contributed by atoms with van der Waals surface area (Å²) in [5, 5.41) is 0. The first-order valence-electron chi connectivity index (χ1n) is 4.10. The molecule has 4 heteroatoms. The highest BCUT2D eigenvalue weighted by molar-refractivity contribution is 14.1. The zero-order valence-electron chi connectivity index (χ0n) is 7.67. The van der Waals surface area contributed by atoms with Gasteiger partial charge >= 0.3 is 5.97 Å². The van der Waals surface area contributed by atoms with E-state index in [1.807, 2.05) is 24.3 Å². The molecule has 1 atom stereocenters. The molecule has 0 aliphatic heterocycles. The molecule has 1 unspecified atom stereocenters. The number of carbonyl (C=O) groups is 1. The molecule has 76 valence electrons. The number of hydrogen-bond acceptors (Lipinski definition) is 2. The molecule has 0 amide bonds. The summed E-state index contributed by atoms with van der Waals surface area (Å²) in [5.41, 5.74) is 1.15. The molecule has 0 aliphatic carbocycles. The number of benzene rings is 1. The lowest BCUT2D eigenvalue weighted by Crippen LogP contribution is -2.18. The highest BCUT2D eigenvalue weighted by Crippen LogP contribution is 2.17. The molecule has 1 rings (SSSR count). The van der Waals surface area contributed by atoms with Crippen molar-refractivity contribution in [3.63, 3.8) is 0 Å². The van der Waals surface area contributed by atoms with E-state index in [1.165, 1.54) is 10.7 Å². The number of esters is 1. The van der Waals surface area contributed by atoms with Crippen LogP contribution < -0.4 is 0 Å². The van der Waals surface area contributed by atoms with Crippen LogP contribution in [0.2, 0.25) is 0 Å². The molecule has 2 nitrogen and oxygen atoms in total. The van der Waals surface area contributed by atoms with Crippen molar-refractivity contribution >= 4 is 44.5 Å². The Balaban J connectivity index is 2.69. The summed E-state index contributed by atoms with van der Waals surface area (Å²) in [5.74, 6) is -0.232. The molecule has 0 saturated carbocycles. The lowest BCUT2D eigenvalue weighted by atomic mass is 10.1. The van der Waals surface area contributed by atoms with Gasteiger partial charge in [-0.05, 0) is 40.6 Å². The van der Waals surface area contributed by atoms with E-state index >= 15 is 0 Å². The molecule has 14 heavy (non-hydrogen) atoms. The third-order valence-electron chi connectivity index (χ3n) is 1.81. The normalized spacial score (nSPS) is 12.2. The van der Waals surface area contributed by atoms with Crippen molar-refractivity contribution in [2.75, 3.05) is 7.11 Å². The van der Waals surface area contributed by atoms with Gasteiger partial charge in [-0.3, -0.25) is 4.79 Å². The van der Waals surface area contributed by atoms with Crippen molar-refractivity contribution in [1.29, 1.82) is 0 Å². The molecule has 1 aromatic rings. The zero-order chi connectivity index (χ0) is 10.6. The van der Waals surface area contributed by atoms with E-state index in [2.05, 4.69) is 43.3 Å². The van der Waals surface area contributed by atoms with Crippen LogP contribution >= 0.6 is 38.5 Å². The Bertz CT molecular complexity index is 328. The van der Waals surface area contributed by atoms with E-state index in [1.54, 1.807) is 0 Å². The zero-order valence-corrected chi connectivity index (χ0v) is 11.4. The number of methoxy groups -OCH3 is 1. The van der Waals surface area contributed by atoms with Crippen molar-refractivity contribution in [2.45, 2.75) is 11.2 Å². The second-order valence-electron chi connectivity index (χ2n) is 2.79. The maximum Gasteiger partial charge on any atom is 0.319 e. The number of alkyl halides is 1. The molecule has 1 aromatic carbocycles. The molecule has 0 fully saturated rings. The predicted octanol–water partition coefficient (Wildman–Crippen LogP) is 2.77. The van der Waals surface area contributed by atoms with Gasteiger partial charge in [0.05, 0.1) is 7.11 Å². The van der Waals surface area contributed by atoms with Crippen LogP contribution in [0.1, 0.15) is 5.56 Å². The summed E-state index contributed by atoms with van der Waals surface area (Å²) in [6.45, 7) is 0. The SMILES string of the molecule is COC(=O)C(Br)Cc1ccccc1I. The summed E-state index contributed by atoms with van der Waals surface area (Å²) in [6.07, 6.45) is 0.659. The van der Waals surface area contributed by atoms with Crippen molar-refractivity contribution in [3.8, 4) is 0 Å². The maximum atomic E-state index is 11.2. The highest BCUT2D eigenvalue weighted by atomic mass is 127. The highest BCUT2D eigenvalue weighted by Gasteiger charge is 2.16. The number of ether oxygens (including phenoxy) is 1. The van der Waals surface area contributed by atoms with Crippen LogP contribution in [0.25, 0.3) is 0 Å². The van der Waals surface area contributed by atoms with Crippen molar-refractivity contribution < 1.29 is 9.53 Å². The van der Waals surface area contributed by atoms with Gasteiger partial charge in [-0.25, -0.2) is 0 Å². The standard InChI is InChI=1S/C10H10BrIO2/c1-14-10(13)8(11)6-7-4-2-3-5-9(7)12/h2-5,8H,6H2,1H3. The van der Waals surface area contributed by atoms with Gasteiger partial charge < -0.3 is 4.74 Å².